The first kappa shape index (κ1) is 14.3. The molecule has 0 aromatic carbocycles. The average Bonchev–Trinajstić information content (AvgIpc) is 2.25. The molecule has 0 aromatic heterocycles. The van der Waals surface area contributed by atoms with Crippen molar-refractivity contribution in [2.24, 2.45) is 5.92 Å². The Morgan fingerprint density at radius 2 is 1.94 bits per heavy atom. The van der Waals surface area contributed by atoms with Gasteiger partial charge in [0.25, 0.3) is 0 Å². The first-order chi connectivity index (χ1) is 7.81. The van der Waals surface area contributed by atoms with Gasteiger partial charge in [-0.2, -0.15) is 13.2 Å². The fourth-order valence-electron chi connectivity index (χ4n) is 2.40. The molecule has 0 amide bonds. The third kappa shape index (κ3) is 4.53. The van der Waals surface area contributed by atoms with Crippen LogP contribution >= 0.6 is 0 Å². The summed E-state index contributed by atoms with van der Waals surface area (Å²) in [5, 5.41) is 9.04. The van der Waals surface area contributed by atoms with Crippen molar-refractivity contribution in [1.82, 2.24) is 4.90 Å². The lowest BCUT2D eigenvalue weighted by Gasteiger charge is -2.36. The van der Waals surface area contributed by atoms with Gasteiger partial charge in [-0.05, 0) is 19.9 Å². The molecular weight excluding hydrogens is 235 g/mol. The summed E-state index contributed by atoms with van der Waals surface area (Å²) in [7, 11) is 1.58. The van der Waals surface area contributed by atoms with Crippen LogP contribution < -0.4 is 0 Å². The van der Waals surface area contributed by atoms with Gasteiger partial charge in [-0.15, -0.1) is 0 Å². The Morgan fingerprint density at radius 1 is 1.35 bits per heavy atom. The lowest BCUT2D eigenvalue weighted by molar-refractivity contribution is -0.147. The molecule has 1 N–H and O–H groups in total. The quantitative estimate of drug-likeness (QED) is 0.837. The van der Waals surface area contributed by atoms with Gasteiger partial charge in [-0.25, -0.2) is 0 Å². The van der Waals surface area contributed by atoms with Crippen LogP contribution in [-0.2, 0) is 4.79 Å². The fourth-order valence-corrected chi connectivity index (χ4v) is 2.40. The van der Waals surface area contributed by atoms with Crippen LogP contribution in [-0.4, -0.2) is 41.8 Å². The van der Waals surface area contributed by atoms with Crippen LogP contribution in [0.2, 0.25) is 0 Å². The molecule has 0 aromatic rings. The van der Waals surface area contributed by atoms with Gasteiger partial charge in [0.1, 0.15) is 0 Å². The number of hydrogen-bond acceptors (Lipinski definition) is 2. The summed E-state index contributed by atoms with van der Waals surface area (Å²) in [6.45, 7) is -0.127. The van der Waals surface area contributed by atoms with E-state index in [-0.39, 0.29) is 12.6 Å². The number of alkyl halides is 3. The minimum absolute atomic E-state index is 0.127. The van der Waals surface area contributed by atoms with Gasteiger partial charge in [0.2, 0.25) is 0 Å². The molecule has 1 aliphatic carbocycles. The summed E-state index contributed by atoms with van der Waals surface area (Å²) >= 11 is 0. The lowest BCUT2D eigenvalue weighted by Crippen LogP contribution is -2.44. The number of carboxylic acid groups (broad SMARTS) is 1. The van der Waals surface area contributed by atoms with Gasteiger partial charge in [0.05, 0.1) is 12.3 Å². The highest BCUT2D eigenvalue weighted by Crippen LogP contribution is 2.29. The zero-order chi connectivity index (χ0) is 13.1. The molecule has 1 saturated carbocycles. The van der Waals surface area contributed by atoms with E-state index in [0.29, 0.717) is 12.8 Å². The monoisotopic (exact) mass is 253 g/mol. The van der Waals surface area contributed by atoms with E-state index >= 15 is 0 Å². The largest absolute Gasteiger partial charge is 0.481 e. The molecule has 0 bridgehead atoms. The van der Waals surface area contributed by atoms with Crippen LogP contribution in [0.3, 0.4) is 0 Å². The molecule has 2 atom stereocenters. The fraction of sp³-hybridized carbons (Fsp3) is 0.909. The number of rotatable bonds is 4. The zero-order valence-corrected chi connectivity index (χ0v) is 9.83. The van der Waals surface area contributed by atoms with E-state index in [1.54, 1.807) is 11.9 Å². The SMILES string of the molecule is CN(CCC(F)(F)F)C1CCCCC1C(=O)O. The minimum Gasteiger partial charge on any atom is -0.481 e. The van der Waals surface area contributed by atoms with Crippen molar-refractivity contribution in [3.8, 4) is 0 Å². The van der Waals surface area contributed by atoms with E-state index in [1.165, 1.54) is 0 Å². The smallest absolute Gasteiger partial charge is 0.390 e. The number of aliphatic carboxylic acids is 1. The Balaban J connectivity index is 2.53. The summed E-state index contributed by atoms with van der Waals surface area (Å²) in [5.41, 5.74) is 0. The number of carboxylic acids is 1. The Morgan fingerprint density at radius 3 is 2.47 bits per heavy atom. The van der Waals surface area contributed by atoms with Crippen molar-refractivity contribution in [2.75, 3.05) is 13.6 Å². The standard InChI is InChI=1S/C11H18F3NO2/c1-15(7-6-11(12,13)14)9-5-3-2-4-8(9)10(16)17/h8-9H,2-7H2,1H3,(H,16,17). The maximum atomic E-state index is 12.1. The average molecular weight is 253 g/mol. The van der Waals surface area contributed by atoms with E-state index in [1.807, 2.05) is 0 Å². The Kier molecular flexibility index (Phi) is 4.80. The molecule has 0 radical (unpaired) electrons. The molecule has 0 aliphatic heterocycles. The van der Waals surface area contributed by atoms with Crippen molar-refractivity contribution < 1.29 is 23.1 Å². The van der Waals surface area contributed by atoms with Crippen molar-refractivity contribution in [3.63, 3.8) is 0 Å². The second-order valence-corrected chi connectivity index (χ2v) is 4.64. The lowest BCUT2D eigenvalue weighted by atomic mass is 9.83. The predicted octanol–water partition coefficient (Wildman–Crippen LogP) is 2.51. The Bertz CT molecular complexity index is 268. The molecule has 0 saturated heterocycles. The van der Waals surface area contributed by atoms with Crippen molar-refractivity contribution in [1.29, 1.82) is 0 Å². The maximum Gasteiger partial charge on any atom is 0.390 e. The van der Waals surface area contributed by atoms with Crippen LogP contribution in [0.4, 0.5) is 13.2 Å². The Hall–Kier alpha value is -0.780. The molecule has 0 spiro atoms. The summed E-state index contributed by atoms with van der Waals surface area (Å²) < 4.78 is 36.3. The van der Waals surface area contributed by atoms with Crippen molar-refractivity contribution in [2.45, 2.75) is 44.3 Å². The molecule has 1 aliphatic rings. The van der Waals surface area contributed by atoms with Gasteiger partial charge >= 0.3 is 12.1 Å². The first-order valence-corrected chi connectivity index (χ1v) is 5.81. The van der Waals surface area contributed by atoms with Gasteiger partial charge in [-0.3, -0.25) is 4.79 Å². The molecule has 100 valence electrons. The van der Waals surface area contributed by atoms with E-state index in [4.69, 9.17) is 5.11 Å². The zero-order valence-electron chi connectivity index (χ0n) is 9.83. The molecule has 3 nitrogen and oxygen atoms in total. The van der Waals surface area contributed by atoms with Gasteiger partial charge in [0.15, 0.2) is 0 Å². The highest BCUT2D eigenvalue weighted by molar-refractivity contribution is 5.71. The van der Waals surface area contributed by atoms with Crippen LogP contribution in [0, 0.1) is 5.92 Å². The molecular formula is C11H18F3NO2. The summed E-state index contributed by atoms with van der Waals surface area (Å²) in [5.74, 6) is -1.42. The van der Waals surface area contributed by atoms with E-state index in [9.17, 15) is 18.0 Å². The van der Waals surface area contributed by atoms with Crippen LogP contribution in [0.1, 0.15) is 32.1 Å². The molecule has 1 rings (SSSR count). The van der Waals surface area contributed by atoms with Crippen molar-refractivity contribution in [3.05, 3.63) is 0 Å². The first-order valence-electron chi connectivity index (χ1n) is 5.81. The van der Waals surface area contributed by atoms with E-state index in [2.05, 4.69) is 0 Å². The maximum absolute atomic E-state index is 12.1. The van der Waals surface area contributed by atoms with Gasteiger partial charge < -0.3 is 10.0 Å². The predicted molar refractivity (Wildman–Crippen MR) is 56.7 cm³/mol. The summed E-state index contributed by atoms with van der Waals surface area (Å²) in [6.07, 6.45) is -2.08. The van der Waals surface area contributed by atoms with Crippen molar-refractivity contribution >= 4 is 5.97 Å². The topological polar surface area (TPSA) is 40.5 Å². The van der Waals surface area contributed by atoms with E-state index < -0.39 is 24.5 Å². The van der Waals surface area contributed by atoms with Crippen LogP contribution in [0.15, 0.2) is 0 Å². The number of halogens is 3. The number of hydrogen-bond donors (Lipinski definition) is 1. The van der Waals surface area contributed by atoms with Crippen LogP contribution in [0.5, 0.6) is 0 Å². The molecule has 17 heavy (non-hydrogen) atoms. The number of carbonyl (C=O) groups is 1. The molecule has 0 heterocycles. The minimum atomic E-state index is -4.18. The second kappa shape index (κ2) is 5.71. The normalized spacial score (nSPS) is 26.2. The molecule has 6 heteroatoms. The third-order valence-corrected chi connectivity index (χ3v) is 3.36. The van der Waals surface area contributed by atoms with E-state index in [0.717, 1.165) is 12.8 Å². The number of nitrogens with zero attached hydrogens (tertiary/aromatic N) is 1. The van der Waals surface area contributed by atoms with Gasteiger partial charge in [0, 0.05) is 12.6 Å². The van der Waals surface area contributed by atoms with Gasteiger partial charge in [-0.1, -0.05) is 12.8 Å². The Labute approximate surface area is 98.6 Å². The van der Waals surface area contributed by atoms with Crippen LogP contribution in [0.25, 0.3) is 0 Å². The summed E-state index contributed by atoms with van der Waals surface area (Å²) in [6, 6.07) is -0.261. The third-order valence-electron chi connectivity index (χ3n) is 3.36. The highest BCUT2D eigenvalue weighted by Gasteiger charge is 2.35. The second-order valence-electron chi connectivity index (χ2n) is 4.64. The highest BCUT2D eigenvalue weighted by atomic mass is 19.4. The summed E-state index contributed by atoms with van der Waals surface area (Å²) in [4.78, 5) is 12.6. The molecule has 1 fully saturated rings. The molecule has 2 unspecified atom stereocenters.